The van der Waals surface area contributed by atoms with Gasteiger partial charge < -0.3 is 12.4 Å². The fraction of sp³-hybridized carbons (Fsp3) is 0. The average molecular weight is 480 g/mol. The first-order valence-electron chi connectivity index (χ1n) is 10.0. The molecule has 0 unspecified atom stereocenters. The number of halogens is 1. The molecule has 0 amide bonds. The molecule has 4 aromatic rings. The smallest absolute Gasteiger partial charge is 0.395 e. The SMILES string of the molecule is O=[N+]([O-])c1ccc(N[P+](Nc2ccccc2)(Nc2ccccc2)Nc2ccccc2)cc1.[Cl-]. The van der Waals surface area contributed by atoms with Crippen LogP contribution in [0.5, 0.6) is 0 Å². The van der Waals surface area contributed by atoms with E-state index in [1.165, 1.54) is 12.1 Å². The molecule has 4 aromatic carbocycles. The highest BCUT2D eigenvalue weighted by atomic mass is 35.5. The molecular formula is C24H23ClN5O2P. The standard InChI is InChI=1S/C24H23N5O2P.ClH/c30-29(31)24-18-16-23(17-19-24)28-32(25-20-10-4-1-5-11-20,26-21-12-6-2-7-13-21)27-22-14-8-3-9-15-22;/h1-19,25-28H;1H/q+1;/p-1. The molecule has 0 aliphatic heterocycles. The van der Waals surface area contributed by atoms with Crippen molar-refractivity contribution in [2.45, 2.75) is 0 Å². The first kappa shape index (κ1) is 23.9. The summed E-state index contributed by atoms with van der Waals surface area (Å²) >= 11 is 0. The van der Waals surface area contributed by atoms with Crippen LogP contribution in [0.1, 0.15) is 0 Å². The lowest BCUT2D eigenvalue weighted by Crippen LogP contribution is -3.00. The van der Waals surface area contributed by atoms with Crippen molar-refractivity contribution in [1.82, 2.24) is 0 Å². The summed E-state index contributed by atoms with van der Waals surface area (Å²) in [4.78, 5) is 10.7. The monoisotopic (exact) mass is 479 g/mol. The van der Waals surface area contributed by atoms with Crippen LogP contribution in [-0.4, -0.2) is 4.92 Å². The van der Waals surface area contributed by atoms with Crippen LogP contribution in [0.4, 0.5) is 28.4 Å². The van der Waals surface area contributed by atoms with Crippen molar-refractivity contribution in [2.75, 3.05) is 20.3 Å². The van der Waals surface area contributed by atoms with Gasteiger partial charge >= 0.3 is 7.87 Å². The predicted octanol–water partition coefficient (Wildman–Crippen LogP) is 4.02. The molecule has 0 fully saturated rings. The zero-order valence-electron chi connectivity index (χ0n) is 17.6. The number of non-ortho nitro benzene ring substituents is 1. The van der Waals surface area contributed by atoms with Crippen LogP contribution in [0.25, 0.3) is 0 Å². The number of rotatable bonds is 9. The largest absolute Gasteiger partial charge is 1.00 e. The molecule has 0 spiro atoms. The van der Waals surface area contributed by atoms with E-state index in [1.807, 2.05) is 91.0 Å². The van der Waals surface area contributed by atoms with Crippen LogP contribution < -0.4 is 32.8 Å². The molecule has 4 N–H and O–H groups in total. The summed E-state index contributed by atoms with van der Waals surface area (Å²) < 4.78 is 0. The molecule has 0 heterocycles. The Kier molecular flexibility index (Phi) is 8.08. The molecule has 4 rings (SSSR count). The van der Waals surface area contributed by atoms with E-state index in [0.29, 0.717) is 0 Å². The van der Waals surface area contributed by atoms with Crippen molar-refractivity contribution in [3.8, 4) is 0 Å². The molecule has 7 nitrogen and oxygen atoms in total. The topological polar surface area (TPSA) is 91.3 Å². The van der Waals surface area contributed by atoms with Gasteiger partial charge in [-0.25, -0.2) is 20.3 Å². The fourth-order valence-electron chi connectivity index (χ4n) is 3.14. The van der Waals surface area contributed by atoms with E-state index in [2.05, 4.69) is 20.3 Å². The molecule has 0 atom stereocenters. The van der Waals surface area contributed by atoms with Gasteiger partial charge in [0.15, 0.2) is 0 Å². The van der Waals surface area contributed by atoms with Crippen molar-refractivity contribution < 1.29 is 17.3 Å². The van der Waals surface area contributed by atoms with E-state index >= 15 is 0 Å². The number of nitro groups is 1. The summed E-state index contributed by atoms with van der Waals surface area (Å²) in [7, 11) is -2.59. The quantitative estimate of drug-likeness (QED) is 0.165. The average Bonchev–Trinajstić information content (AvgIpc) is 2.81. The lowest BCUT2D eigenvalue weighted by molar-refractivity contribution is -0.384. The van der Waals surface area contributed by atoms with Gasteiger partial charge in [-0.2, -0.15) is 0 Å². The maximum absolute atomic E-state index is 11.1. The Labute approximate surface area is 199 Å². The zero-order valence-corrected chi connectivity index (χ0v) is 19.2. The van der Waals surface area contributed by atoms with E-state index in [4.69, 9.17) is 0 Å². The molecule has 0 aromatic heterocycles. The van der Waals surface area contributed by atoms with Crippen molar-refractivity contribution in [1.29, 1.82) is 0 Å². The van der Waals surface area contributed by atoms with E-state index in [9.17, 15) is 10.1 Å². The first-order valence-corrected chi connectivity index (χ1v) is 11.8. The van der Waals surface area contributed by atoms with Crippen LogP contribution in [0, 0.1) is 10.1 Å². The number of hydrogen-bond acceptors (Lipinski definition) is 6. The molecule has 0 aliphatic carbocycles. The highest BCUT2D eigenvalue weighted by molar-refractivity contribution is 7.81. The first-order chi connectivity index (χ1) is 15.6. The molecule has 0 saturated heterocycles. The second kappa shape index (κ2) is 11.2. The number of nitro benzene ring substituents is 1. The molecule has 0 aliphatic rings. The molecule has 168 valence electrons. The van der Waals surface area contributed by atoms with Gasteiger partial charge in [-0.3, -0.25) is 10.1 Å². The Bertz CT molecular complexity index is 1050. The van der Waals surface area contributed by atoms with Crippen LogP contribution in [-0.2, 0) is 0 Å². The number of nitrogens with one attached hydrogen (secondary N) is 4. The highest BCUT2D eigenvalue weighted by Gasteiger charge is 2.41. The van der Waals surface area contributed by atoms with Gasteiger partial charge in [0.2, 0.25) is 0 Å². The van der Waals surface area contributed by atoms with Gasteiger partial charge in [0.1, 0.15) is 0 Å². The molecule has 33 heavy (non-hydrogen) atoms. The maximum atomic E-state index is 11.1. The Morgan fingerprint density at radius 2 is 0.818 bits per heavy atom. The predicted molar refractivity (Wildman–Crippen MR) is 134 cm³/mol. The minimum Gasteiger partial charge on any atom is -1.00 e. The van der Waals surface area contributed by atoms with Crippen molar-refractivity contribution >= 4 is 36.3 Å². The summed E-state index contributed by atoms with van der Waals surface area (Å²) in [6.07, 6.45) is 0. The van der Waals surface area contributed by atoms with Gasteiger partial charge in [0.05, 0.1) is 27.7 Å². The fourth-order valence-corrected chi connectivity index (χ4v) is 5.62. The third kappa shape index (κ3) is 6.59. The van der Waals surface area contributed by atoms with Crippen LogP contribution >= 0.6 is 7.87 Å². The van der Waals surface area contributed by atoms with Crippen LogP contribution in [0.15, 0.2) is 115 Å². The van der Waals surface area contributed by atoms with E-state index in [-0.39, 0.29) is 18.1 Å². The highest BCUT2D eigenvalue weighted by Crippen LogP contribution is 2.56. The summed E-state index contributed by atoms with van der Waals surface area (Å²) in [5.41, 5.74) is 3.54. The Hall–Kier alpha value is -3.80. The number of nitrogens with zero attached hydrogens (tertiary/aromatic N) is 1. The van der Waals surface area contributed by atoms with Gasteiger partial charge in [-0.15, -0.1) is 0 Å². The second-order valence-electron chi connectivity index (χ2n) is 7.02. The van der Waals surface area contributed by atoms with Crippen molar-refractivity contribution in [3.63, 3.8) is 0 Å². The Balaban J connectivity index is 0.00000306. The molecule has 0 bridgehead atoms. The van der Waals surface area contributed by atoms with Gasteiger partial charge in [-0.05, 0) is 48.5 Å². The summed E-state index contributed by atoms with van der Waals surface area (Å²) in [6, 6.07) is 36.0. The van der Waals surface area contributed by atoms with E-state index in [0.717, 1.165) is 22.7 Å². The Morgan fingerprint density at radius 1 is 0.515 bits per heavy atom. The van der Waals surface area contributed by atoms with Gasteiger partial charge in [-0.1, -0.05) is 54.6 Å². The number of para-hydroxylation sites is 3. The molecule has 0 saturated carbocycles. The van der Waals surface area contributed by atoms with E-state index in [1.54, 1.807) is 12.1 Å². The number of hydrogen-bond donors (Lipinski definition) is 4. The second-order valence-corrected chi connectivity index (χ2v) is 9.26. The van der Waals surface area contributed by atoms with Crippen LogP contribution in [0.2, 0.25) is 0 Å². The third-order valence-corrected chi connectivity index (χ3v) is 6.96. The normalized spacial score (nSPS) is 10.4. The number of anilines is 4. The summed E-state index contributed by atoms with van der Waals surface area (Å²) in [5.74, 6) is 0. The zero-order chi connectivity index (χ0) is 22.2. The summed E-state index contributed by atoms with van der Waals surface area (Å²) in [6.45, 7) is 0. The Morgan fingerprint density at radius 3 is 1.12 bits per heavy atom. The lowest BCUT2D eigenvalue weighted by atomic mass is 10.3. The van der Waals surface area contributed by atoms with Gasteiger partial charge in [0, 0.05) is 12.1 Å². The molecular weight excluding hydrogens is 457 g/mol. The minimum atomic E-state index is -2.59. The maximum Gasteiger partial charge on any atom is 0.395 e. The third-order valence-electron chi connectivity index (χ3n) is 4.59. The van der Waals surface area contributed by atoms with Crippen molar-refractivity contribution in [2.24, 2.45) is 0 Å². The molecule has 0 radical (unpaired) electrons. The molecule has 9 heteroatoms. The minimum absolute atomic E-state index is 0. The van der Waals surface area contributed by atoms with Gasteiger partial charge in [0.25, 0.3) is 5.69 Å². The van der Waals surface area contributed by atoms with Crippen molar-refractivity contribution in [3.05, 3.63) is 125 Å². The summed E-state index contributed by atoms with van der Waals surface area (Å²) in [5, 5.41) is 25.5. The van der Waals surface area contributed by atoms with Crippen LogP contribution in [0.3, 0.4) is 0 Å². The van der Waals surface area contributed by atoms with E-state index < -0.39 is 12.8 Å². The number of benzene rings is 4. The lowest BCUT2D eigenvalue weighted by Gasteiger charge is -2.29.